The molecule has 0 spiro atoms. The molecule has 3 aromatic rings. The van der Waals surface area contributed by atoms with Gasteiger partial charge < -0.3 is 14.8 Å². The largest absolute Gasteiger partial charge is 0.345 e. The van der Waals surface area contributed by atoms with Crippen LogP contribution in [0, 0.1) is 0 Å². The highest BCUT2D eigenvalue weighted by Gasteiger charge is 2.29. The van der Waals surface area contributed by atoms with Gasteiger partial charge in [0.1, 0.15) is 5.56 Å². The fourth-order valence-electron chi connectivity index (χ4n) is 3.87. The number of aromatic nitrogens is 3. The predicted molar refractivity (Wildman–Crippen MR) is 114 cm³/mol. The molecule has 1 aromatic carbocycles. The van der Waals surface area contributed by atoms with Crippen LogP contribution in [-0.4, -0.2) is 38.0 Å². The Balaban J connectivity index is 1.61. The molecule has 0 radical (unpaired) electrons. The van der Waals surface area contributed by atoms with Gasteiger partial charge in [0.05, 0.1) is 6.04 Å². The van der Waals surface area contributed by atoms with Crippen molar-refractivity contribution in [1.29, 1.82) is 0 Å². The van der Waals surface area contributed by atoms with E-state index in [-0.39, 0.29) is 28.8 Å². The quantitative estimate of drug-likeness (QED) is 0.699. The summed E-state index contributed by atoms with van der Waals surface area (Å²) in [5.74, 6) is -0.626. The summed E-state index contributed by atoms with van der Waals surface area (Å²) in [5, 5.41) is 10.6. The molecule has 0 bridgehead atoms. The second-order valence-electron chi connectivity index (χ2n) is 7.62. The molecule has 3 heterocycles. The van der Waals surface area contributed by atoms with Crippen molar-refractivity contribution in [3.8, 4) is 0 Å². The van der Waals surface area contributed by atoms with Crippen LogP contribution in [0.4, 0.5) is 0 Å². The summed E-state index contributed by atoms with van der Waals surface area (Å²) in [6.07, 6.45) is 3.63. The number of nitrogens with zero attached hydrogens (tertiary/aromatic N) is 4. The van der Waals surface area contributed by atoms with Gasteiger partial charge in [-0.05, 0) is 42.2 Å². The van der Waals surface area contributed by atoms with Crippen molar-refractivity contribution in [1.82, 2.24) is 25.0 Å². The number of hydrogen-bond donors (Lipinski definition) is 1. The fraction of sp³-hybridized carbons (Fsp3) is 0.261. The summed E-state index contributed by atoms with van der Waals surface area (Å²) in [6, 6.07) is 12.6. The minimum atomic E-state index is -0.400. The lowest BCUT2D eigenvalue weighted by atomic mass is 9.95. The van der Waals surface area contributed by atoms with E-state index in [2.05, 4.69) is 15.5 Å². The summed E-state index contributed by atoms with van der Waals surface area (Å²) < 4.78 is 1.40. The topological polar surface area (TPSA) is 97.2 Å². The van der Waals surface area contributed by atoms with Crippen molar-refractivity contribution >= 4 is 11.8 Å². The monoisotopic (exact) mass is 417 g/mol. The van der Waals surface area contributed by atoms with Gasteiger partial charge in [-0.15, -0.1) is 5.10 Å². The molecule has 4 rings (SSSR count). The average molecular weight is 417 g/mol. The lowest BCUT2D eigenvalue weighted by molar-refractivity contribution is 0.0726. The molecular formula is C23H23N5O3. The average Bonchev–Trinajstić information content (AvgIpc) is 2.80. The van der Waals surface area contributed by atoms with Crippen molar-refractivity contribution in [3.05, 3.63) is 93.2 Å². The summed E-state index contributed by atoms with van der Waals surface area (Å²) in [7, 11) is 1.61. The molecule has 0 fully saturated rings. The standard InChI is InChI=1S/C23H23N5O3/c1-15(16-7-4-3-5-8-16)25-21(29)20-18-10-12-28(14-17(18)13-27(2)23(20)31)22(30)19-9-6-11-24-26-19/h3-9,11,13,15H,10,12,14H2,1-2H3,(H,25,29). The van der Waals surface area contributed by atoms with Crippen LogP contribution in [0.5, 0.6) is 0 Å². The Hall–Kier alpha value is -3.81. The maximum absolute atomic E-state index is 13.1. The molecule has 31 heavy (non-hydrogen) atoms. The second kappa shape index (κ2) is 8.51. The maximum atomic E-state index is 13.1. The number of fused-ring (bicyclic) bond motifs is 1. The lowest BCUT2D eigenvalue weighted by Crippen LogP contribution is -2.41. The molecular weight excluding hydrogens is 394 g/mol. The highest BCUT2D eigenvalue weighted by Crippen LogP contribution is 2.22. The van der Waals surface area contributed by atoms with Gasteiger partial charge >= 0.3 is 0 Å². The number of hydrogen-bond acceptors (Lipinski definition) is 5. The van der Waals surface area contributed by atoms with E-state index >= 15 is 0 Å². The number of aryl methyl sites for hydroxylation is 1. The third-order valence-corrected chi connectivity index (χ3v) is 5.52. The zero-order valence-corrected chi connectivity index (χ0v) is 17.4. The zero-order valence-electron chi connectivity index (χ0n) is 17.4. The van der Waals surface area contributed by atoms with Crippen LogP contribution >= 0.6 is 0 Å². The molecule has 0 saturated carbocycles. The van der Waals surface area contributed by atoms with E-state index in [1.165, 1.54) is 10.8 Å². The second-order valence-corrected chi connectivity index (χ2v) is 7.62. The Morgan fingerprint density at radius 1 is 1.13 bits per heavy atom. The van der Waals surface area contributed by atoms with Crippen molar-refractivity contribution in [2.45, 2.75) is 25.9 Å². The highest BCUT2D eigenvalue weighted by molar-refractivity contribution is 5.96. The molecule has 1 atom stereocenters. The van der Waals surface area contributed by atoms with Crippen molar-refractivity contribution in [2.24, 2.45) is 7.05 Å². The van der Waals surface area contributed by atoms with Crippen LogP contribution in [0.1, 0.15) is 50.5 Å². The van der Waals surface area contributed by atoms with Gasteiger partial charge in [0, 0.05) is 32.5 Å². The van der Waals surface area contributed by atoms with E-state index in [1.807, 2.05) is 37.3 Å². The molecule has 0 aliphatic carbocycles. The first-order valence-corrected chi connectivity index (χ1v) is 10.1. The van der Waals surface area contributed by atoms with Gasteiger partial charge in [-0.2, -0.15) is 5.10 Å². The Morgan fingerprint density at radius 2 is 1.90 bits per heavy atom. The maximum Gasteiger partial charge on any atom is 0.274 e. The molecule has 158 valence electrons. The van der Waals surface area contributed by atoms with Gasteiger partial charge in [-0.25, -0.2) is 0 Å². The van der Waals surface area contributed by atoms with Crippen molar-refractivity contribution in [3.63, 3.8) is 0 Å². The number of nitrogens with one attached hydrogen (secondary N) is 1. The van der Waals surface area contributed by atoms with Gasteiger partial charge in [-0.1, -0.05) is 30.3 Å². The lowest BCUT2D eigenvalue weighted by Gasteiger charge is -2.30. The van der Waals surface area contributed by atoms with Gasteiger partial charge in [0.15, 0.2) is 5.69 Å². The van der Waals surface area contributed by atoms with Gasteiger partial charge in [-0.3, -0.25) is 14.4 Å². The number of pyridine rings is 1. The number of amides is 2. The fourth-order valence-corrected chi connectivity index (χ4v) is 3.87. The molecule has 1 aliphatic rings. The molecule has 1 unspecified atom stereocenters. The van der Waals surface area contributed by atoms with E-state index < -0.39 is 5.91 Å². The molecule has 0 saturated heterocycles. The zero-order chi connectivity index (χ0) is 22.0. The summed E-state index contributed by atoms with van der Waals surface area (Å²) in [5.41, 5.74) is 2.51. The molecule has 8 nitrogen and oxygen atoms in total. The van der Waals surface area contributed by atoms with E-state index in [1.54, 1.807) is 30.3 Å². The predicted octanol–water partition coefficient (Wildman–Crippen LogP) is 1.86. The van der Waals surface area contributed by atoms with Crippen LogP contribution in [0.2, 0.25) is 0 Å². The molecule has 8 heteroatoms. The Bertz CT molecular complexity index is 1180. The van der Waals surface area contributed by atoms with Gasteiger partial charge in [0.25, 0.3) is 17.4 Å². The van der Waals surface area contributed by atoms with E-state index in [4.69, 9.17) is 0 Å². The third kappa shape index (κ3) is 4.09. The highest BCUT2D eigenvalue weighted by atomic mass is 16.2. The van der Waals surface area contributed by atoms with E-state index in [9.17, 15) is 14.4 Å². The number of rotatable bonds is 4. The van der Waals surface area contributed by atoms with E-state index in [0.29, 0.717) is 25.1 Å². The third-order valence-electron chi connectivity index (χ3n) is 5.52. The Kier molecular flexibility index (Phi) is 5.62. The smallest absolute Gasteiger partial charge is 0.274 e. The first-order valence-electron chi connectivity index (χ1n) is 10.1. The van der Waals surface area contributed by atoms with Crippen LogP contribution < -0.4 is 10.9 Å². The minimum Gasteiger partial charge on any atom is -0.345 e. The number of carbonyl (C=O) groups is 2. The van der Waals surface area contributed by atoms with E-state index in [0.717, 1.165) is 11.1 Å². The Labute approximate surface area is 179 Å². The van der Waals surface area contributed by atoms with Crippen LogP contribution in [0.15, 0.2) is 59.7 Å². The van der Waals surface area contributed by atoms with Crippen molar-refractivity contribution < 1.29 is 9.59 Å². The SMILES string of the molecule is CC(NC(=O)c1c2c(cn(C)c1=O)CN(C(=O)c1cccnn1)CC2)c1ccccc1. The molecule has 1 N–H and O–H groups in total. The number of benzene rings is 1. The van der Waals surface area contributed by atoms with Crippen molar-refractivity contribution in [2.75, 3.05) is 6.54 Å². The van der Waals surface area contributed by atoms with Crippen LogP contribution in [0.25, 0.3) is 0 Å². The van der Waals surface area contributed by atoms with Gasteiger partial charge in [0.2, 0.25) is 0 Å². The minimum absolute atomic E-state index is 0.148. The molecule has 2 amide bonds. The number of carbonyl (C=O) groups excluding carboxylic acids is 2. The molecule has 1 aliphatic heterocycles. The first kappa shape index (κ1) is 20.5. The summed E-state index contributed by atoms with van der Waals surface area (Å²) >= 11 is 0. The first-order chi connectivity index (χ1) is 15.0. The van der Waals surface area contributed by atoms with Crippen LogP contribution in [0.3, 0.4) is 0 Å². The summed E-state index contributed by atoms with van der Waals surface area (Å²) in [6.45, 7) is 2.58. The van der Waals surface area contributed by atoms with Crippen LogP contribution in [-0.2, 0) is 20.0 Å². The normalized spacial score (nSPS) is 13.9. The molecule has 2 aromatic heterocycles. The summed E-state index contributed by atoms with van der Waals surface area (Å²) in [4.78, 5) is 40.3. The Morgan fingerprint density at radius 3 is 2.61 bits per heavy atom.